The van der Waals surface area contributed by atoms with Gasteiger partial charge in [0.1, 0.15) is 23.9 Å². The molecule has 7 N–H and O–H groups in total. The second-order valence-corrected chi connectivity index (χ2v) is 8.94. The Kier molecular flexibility index (Phi) is 9.82. The molecule has 0 aliphatic carbocycles. The topological polar surface area (TPSA) is 182 Å². The number of rotatable bonds is 11. The van der Waals surface area contributed by atoms with Crippen molar-refractivity contribution >= 4 is 23.7 Å². The maximum absolute atomic E-state index is 13.1. The van der Waals surface area contributed by atoms with E-state index < -0.39 is 48.6 Å². The summed E-state index contributed by atoms with van der Waals surface area (Å²) in [6.07, 6.45) is 1.50. The van der Waals surface area contributed by atoms with Crippen molar-refractivity contribution in [2.75, 3.05) is 13.2 Å². The largest absolute Gasteiger partial charge is 0.508 e. The van der Waals surface area contributed by atoms with E-state index in [4.69, 9.17) is 10.8 Å². The molecule has 4 unspecified atom stereocenters. The van der Waals surface area contributed by atoms with E-state index in [1.807, 2.05) is 13.8 Å². The van der Waals surface area contributed by atoms with Gasteiger partial charge < -0.3 is 36.6 Å². The van der Waals surface area contributed by atoms with Gasteiger partial charge in [-0.05, 0) is 42.9 Å². The summed E-state index contributed by atoms with van der Waals surface area (Å²) in [7, 11) is 0. The summed E-state index contributed by atoms with van der Waals surface area (Å²) >= 11 is 0. The Morgan fingerprint density at radius 1 is 1.12 bits per heavy atom. The van der Waals surface area contributed by atoms with E-state index in [-0.39, 0.29) is 24.0 Å². The minimum atomic E-state index is -1.54. The monoisotopic (exact) mass is 478 g/mol. The fourth-order valence-corrected chi connectivity index (χ4v) is 3.93. The molecule has 0 aromatic heterocycles. The quantitative estimate of drug-likeness (QED) is 0.242. The number of carbonyl (C=O) groups excluding carboxylic acids is 3. The van der Waals surface area contributed by atoms with Crippen LogP contribution >= 0.6 is 0 Å². The van der Waals surface area contributed by atoms with Crippen LogP contribution in [-0.2, 0) is 25.6 Å². The molecule has 11 heteroatoms. The first kappa shape index (κ1) is 27.1. The highest BCUT2D eigenvalue weighted by atomic mass is 16.4. The van der Waals surface area contributed by atoms with E-state index in [0.29, 0.717) is 31.4 Å². The SMILES string of the molecule is CC(C)CC(N)C(=O)N1CCCC1C(=O)NC(Cc1ccc(O)cc1)C(=O)NC(CO)C(=O)O. The van der Waals surface area contributed by atoms with Crippen LogP contribution in [0, 0.1) is 5.92 Å². The lowest BCUT2D eigenvalue weighted by atomic mass is 10.0. The van der Waals surface area contributed by atoms with Crippen molar-refractivity contribution in [2.24, 2.45) is 11.7 Å². The number of benzene rings is 1. The van der Waals surface area contributed by atoms with Gasteiger partial charge in [-0.2, -0.15) is 0 Å². The maximum Gasteiger partial charge on any atom is 0.328 e. The molecule has 0 radical (unpaired) electrons. The van der Waals surface area contributed by atoms with Gasteiger partial charge >= 0.3 is 5.97 Å². The Labute approximate surface area is 198 Å². The van der Waals surface area contributed by atoms with Gasteiger partial charge in [-0.1, -0.05) is 26.0 Å². The van der Waals surface area contributed by atoms with Crippen molar-refractivity contribution in [2.45, 2.75) is 63.7 Å². The number of phenols is 1. The van der Waals surface area contributed by atoms with Crippen molar-refractivity contribution < 1.29 is 34.5 Å². The number of phenolic OH excluding ortho intramolecular Hbond substituents is 1. The van der Waals surface area contributed by atoms with Gasteiger partial charge in [0, 0.05) is 13.0 Å². The van der Waals surface area contributed by atoms with Crippen LogP contribution in [0.3, 0.4) is 0 Å². The lowest BCUT2D eigenvalue weighted by molar-refractivity contribution is -0.144. The Bertz CT molecular complexity index is 875. The summed E-state index contributed by atoms with van der Waals surface area (Å²) in [6.45, 7) is 3.46. The lowest BCUT2D eigenvalue weighted by Crippen LogP contribution is -2.57. The standard InChI is InChI=1S/C23H34N4O7/c1-13(2)10-16(24)22(32)27-9-3-4-19(27)21(31)25-17(11-14-5-7-15(29)8-6-14)20(30)26-18(12-28)23(33)34/h5-8,13,16-19,28-29H,3-4,9-12,24H2,1-2H3,(H,25,31)(H,26,30)(H,33,34). The molecule has 0 bridgehead atoms. The van der Waals surface area contributed by atoms with Crippen molar-refractivity contribution in [3.05, 3.63) is 29.8 Å². The second kappa shape index (κ2) is 12.3. The Morgan fingerprint density at radius 2 is 1.76 bits per heavy atom. The van der Waals surface area contributed by atoms with E-state index in [0.717, 1.165) is 0 Å². The highest BCUT2D eigenvalue weighted by Gasteiger charge is 2.38. The van der Waals surface area contributed by atoms with Gasteiger partial charge in [0.2, 0.25) is 17.7 Å². The zero-order chi connectivity index (χ0) is 25.4. The summed E-state index contributed by atoms with van der Waals surface area (Å²) in [4.78, 5) is 51.4. The normalized spacial score (nSPS) is 18.3. The zero-order valence-electron chi connectivity index (χ0n) is 19.4. The highest BCUT2D eigenvalue weighted by molar-refractivity contribution is 5.94. The number of hydrogen-bond donors (Lipinski definition) is 6. The van der Waals surface area contributed by atoms with Crippen LogP contribution < -0.4 is 16.4 Å². The molecule has 0 saturated carbocycles. The summed E-state index contributed by atoms with van der Waals surface area (Å²) in [6, 6.07) is 1.75. The Hall–Kier alpha value is -3.18. The summed E-state index contributed by atoms with van der Waals surface area (Å²) in [5, 5.41) is 32.7. The van der Waals surface area contributed by atoms with Crippen molar-refractivity contribution in [1.29, 1.82) is 0 Å². The first-order valence-electron chi connectivity index (χ1n) is 11.3. The van der Waals surface area contributed by atoms with Gasteiger partial charge in [0.25, 0.3) is 0 Å². The van der Waals surface area contributed by atoms with Crippen molar-refractivity contribution in [3.63, 3.8) is 0 Å². The summed E-state index contributed by atoms with van der Waals surface area (Å²) in [5.41, 5.74) is 6.64. The van der Waals surface area contributed by atoms with Crippen LogP contribution in [0.2, 0.25) is 0 Å². The number of amides is 3. The fraction of sp³-hybridized carbons (Fsp3) is 0.565. The van der Waals surface area contributed by atoms with Gasteiger partial charge in [-0.3, -0.25) is 14.4 Å². The minimum absolute atomic E-state index is 0.00313. The van der Waals surface area contributed by atoms with Crippen LogP contribution in [0.4, 0.5) is 0 Å². The number of hydrogen-bond acceptors (Lipinski definition) is 7. The molecule has 11 nitrogen and oxygen atoms in total. The number of aliphatic hydroxyl groups is 1. The molecule has 1 aliphatic heterocycles. The minimum Gasteiger partial charge on any atom is -0.508 e. The van der Waals surface area contributed by atoms with Gasteiger partial charge in [0.05, 0.1) is 12.6 Å². The first-order chi connectivity index (χ1) is 16.0. The molecule has 1 aromatic rings. The number of nitrogens with two attached hydrogens (primary N) is 1. The number of aliphatic carboxylic acids is 1. The lowest BCUT2D eigenvalue weighted by Gasteiger charge is -2.29. The number of aliphatic hydroxyl groups excluding tert-OH is 1. The summed E-state index contributed by atoms with van der Waals surface area (Å²) in [5.74, 6) is -2.85. The van der Waals surface area contributed by atoms with Gasteiger partial charge in [-0.15, -0.1) is 0 Å². The van der Waals surface area contributed by atoms with Crippen molar-refractivity contribution in [3.8, 4) is 5.75 Å². The number of likely N-dealkylation sites (tertiary alicyclic amines) is 1. The third-order valence-corrected chi connectivity index (χ3v) is 5.69. The molecule has 1 aromatic carbocycles. The molecule has 1 heterocycles. The second-order valence-electron chi connectivity index (χ2n) is 8.94. The van der Waals surface area contributed by atoms with Crippen LogP contribution in [0.15, 0.2) is 24.3 Å². The average molecular weight is 479 g/mol. The van der Waals surface area contributed by atoms with Crippen LogP contribution in [0.1, 0.15) is 38.7 Å². The average Bonchev–Trinajstić information content (AvgIpc) is 3.27. The van der Waals surface area contributed by atoms with Crippen molar-refractivity contribution in [1.82, 2.24) is 15.5 Å². The predicted octanol–water partition coefficient (Wildman–Crippen LogP) is -0.654. The number of nitrogens with zero attached hydrogens (tertiary/aromatic N) is 1. The molecule has 34 heavy (non-hydrogen) atoms. The smallest absolute Gasteiger partial charge is 0.328 e. The molecule has 0 spiro atoms. The zero-order valence-corrected chi connectivity index (χ0v) is 19.4. The molecule has 188 valence electrons. The molecule has 1 aliphatic rings. The van der Waals surface area contributed by atoms with Crippen LogP contribution in [-0.4, -0.2) is 81.2 Å². The van der Waals surface area contributed by atoms with E-state index in [9.17, 15) is 29.4 Å². The van der Waals surface area contributed by atoms with Crippen LogP contribution in [0.5, 0.6) is 5.75 Å². The van der Waals surface area contributed by atoms with Gasteiger partial charge in [-0.25, -0.2) is 4.79 Å². The number of carboxylic acids is 1. The summed E-state index contributed by atoms with van der Waals surface area (Å²) < 4.78 is 0. The molecule has 3 amide bonds. The third-order valence-electron chi connectivity index (χ3n) is 5.69. The van der Waals surface area contributed by atoms with E-state index in [1.54, 1.807) is 12.1 Å². The van der Waals surface area contributed by atoms with E-state index >= 15 is 0 Å². The van der Waals surface area contributed by atoms with E-state index in [2.05, 4.69) is 10.6 Å². The Balaban J connectivity index is 2.18. The number of carboxylic acid groups (broad SMARTS) is 1. The molecule has 2 rings (SSSR count). The molecular formula is C23H34N4O7. The highest BCUT2D eigenvalue weighted by Crippen LogP contribution is 2.20. The Morgan fingerprint density at radius 3 is 2.32 bits per heavy atom. The first-order valence-corrected chi connectivity index (χ1v) is 11.3. The number of nitrogens with one attached hydrogen (secondary N) is 2. The number of aromatic hydroxyl groups is 1. The number of carbonyl (C=O) groups is 4. The fourth-order valence-electron chi connectivity index (χ4n) is 3.93. The molecule has 4 atom stereocenters. The molecule has 1 saturated heterocycles. The predicted molar refractivity (Wildman–Crippen MR) is 123 cm³/mol. The molecular weight excluding hydrogens is 444 g/mol. The third kappa shape index (κ3) is 7.42. The van der Waals surface area contributed by atoms with Gasteiger partial charge in [0.15, 0.2) is 0 Å². The molecule has 1 fully saturated rings. The maximum atomic E-state index is 13.1. The van der Waals surface area contributed by atoms with Crippen LogP contribution in [0.25, 0.3) is 0 Å². The van der Waals surface area contributed by atoms with E-state index in [1.165, 1.54) is 17.0 Å².